The standard InChI is InChI=1S/C21H24N2O4/c1-21(2,3)18-11-15-14(5-4-6-17(15)23(18)20(24)25)16-8-7-13(12-22-16)19-26-9-10-27-19/h4-8,12,18-19H,9-11H2,1-3H3,(H,24,25). The maximum atomic E-state index is 11.9. The molecule has 4 rings (SSSR count). The average Bonchev–Trinajstić information content (AvgIpc) is 3.29. The van der Waals surface area contributed by atoms with Crippen molar-refractivity contribution in [2.24, 2.45) is 5.41 Å². The van der Waals surface area contributed by atoms with E-state index in [-0.39, 0.29) is 17.7 Å². The number of ether oxygens (including phenoxy) is 2. The Morgan fingerprint density at radius 2 is 1.93 bits per heavy atom. The van der Waals surface area contributed by atoms with Gasteiger partial charge < -0.3 is 14.6 Å². The summed E-state index contributed by atoms with van der Waals surface area (Å²) in [6.07, 6.45) is 1.20. The first-order chi connectivity index (χ1) is 12.9. The summed E-state index contributed by atoms with van der Waals surface area (Å²) in [6, 6.07) is 9.59. The number of pyridine rings is 1. The number of benzene rings is 1. The molecule has 1 fully saturated rings. The number of hydrogen-bond acceptors (Lipinski definition) is 4. The third kappa shape index (κ3) is 3.19. The Balaban J connectivity index is 1.72. The molecule has 1 saturated heterocycles. The highest BCUT2D eigenvalue weighted by Gasteiger charge is 2.41. The molecule has 142 valence electrons. The number of amides is 1. The molecule has 6 nitrogen and oxygen atoms in total. The summed E-state index contributed by atoms with van der Waals surface area (Å²) in [5.74, 6) is 0. The Hall–Kier alpha value is -2.44. The van der Waals surface area contributed by atoms with E-state index in [0.717, 1.165) is 28.1 Å². The van der Waals surface area contributed by atoms with Crippen molar-refractivity contribution in [2.75, 3.05) is 18.1 Å². The Kier molecular flexibility index (Phi) is 4.40. The lowest BCUT2D eigenvalue weighted by Gasteiger charge is -2.33. The van der Waals surface area contributed by atoms with Crippen LogP contribution in [-0.2, 0) is 15.9 Å². The largest absolute Gasteiger partial charge is 0.465 e. The Labute approximate surface area is 158 Å². The summed E-state index contributed by atoms with van der Waals surface area (Å²) in [4.78, 5) is 18.1. The van der Waals surface area contributed by atoms with Crippen LogP contribution in [0, 0.1) is 5.41 Å². The lowest BCUT2D eigenvalue weighted by molar-refractivity contribution is -0.0443. The Morgan fingerprint density at radius 1 is 1.19 bits per heavy atom. The predicted octanol–water partition coefficient (Wildman–Crippen LogP) is 4.25. The lowest BCUT2D eigenvalue weighted by Crippen LogP contribution is -2.44. The summed E-state index contributed by atoms with van der Waals surface area (Å²) in [6.45, 7) is 7.42. The van der Waals surface area contributed by atoms with Gasteiger partial charge in [0, 0.05) is 23.4 Å². The van der Waals surface area contributed by atoms with E-state index in [1.54, 1.807) is 6.20 Å². The fraction of sp³-hybridized carbons (Fsp3) is 0.429. The first kappa shape index (κ1) is 17.9. The second kappa shape index (κ2) is 6.62. The van der Waals surface area contributed by atoms with Crippen LogP contribution >= 0.6 is 0 Å². The molecule has 1 aromatic heterocycles. The molecule has 0 aliphatic carbocycles. The van der Waals surface area contributed by atoms with E-state index in [9.17, 15) is 9.90 Å². The zero-order chi connectivity index (χ0) is 19.2. The summed E-state index contributed by atoms with van der Waals surface area (Å²) in [7, 11) is 0. The average molecular weight is 368 g/mol. The molecule has 0 radical (unpaired) electrons. The fourth-order valence-electron chi connectivity index (χ4n) is 3.89. The third-order valence-electron chi connectivity index (χ3n) is 5.28. The van der Waals surface area contributed by atoms with E-state index in [2.05, 4.69) is 25.8 Å². The number of anilines is 1. The Bertz CT molecular complexity index is 851. The van der Waals surface area contributed by atoms with Gasteiger partial charge in [-0.05, 0) is 29.5 Å². The highest BCUT2D eigenvalue weighted by Crippen LogP contribution is 2.43. The van der Waals surface area contributed by atoms with Crippen LogP contribution in [0.2, 0.25) is 0 Å². The summed E-state index contributed by atoms with van der Waals surface area (Å²) < 4.78 is 11.0. The van der Waals surface area contributed by atoms with Gasteiger partial charge in [0.15, 0.2) is 6.29 Å². The van der Waals surface area contributed by atoms with Crippen molar-refractivity contribution in [1.82, 2.24) is 4.98 Å². The molecular weight excluding hydrogens is 344 g/mol. The molecule has 2 aliphatic rings. The topological polar surface area (TPSA) is 71.9 Å². The van der Waals surface area contributed by atoms with Crippen LogP contribution in [0.4, 0.5) is 10.5 Å². The van der Waals surface area contributed by atoms with E-state index in [1.807, 2.05) is 30.3 Å². The molecule has 1 amide bonds. The number of rotatable bonds is 2. The minimum Gasteiger partial charge on any atom is -0.465 e. The van der Waals surface area contributed by atoms with Crippen molar-refractivity contribution in [3.8, 4) is 11.3 Å². The summed E-state index contributed by atoms with van der Waals surface area (Å²) in [5, 5.41) is 9.80. The maximum Gasteiger partial charge on any atom is 0.412 e. The van der Waals surface area contributed by atoms with Crippen molar-refractivity contribution in [2.45, 2.75) is 39.5 Å². The van der Waals surface area contributed by atoms with Crippen molar-refractivity contribution < 1.29 is 19.4 Å². The van der Waals surface area contributed by atoms with Gasteiger partial charge in [-0.2, -0.15) is 0 Å². The van der Waals surface area contributed by atoms with Crippen molar-refractivity contribution in [3.05, 3.63) is 47.7 Å². The van der Waals surface area contributed by atoms with E-state index >= 15 is 0 Å². The molecule has 1 atom stereocenters. The quantitative estimate of drug-likeness (QED) is 0.858. The van der Waals surface area contributed by atoms with Crippen molar-refractivity contribution in [1.29, 1.82) is 0 Å². The van der Waals surface area contributed by atoms with Gasteiger partial charge in [-0.3, -0.25) is 9.88 Å². The van der Waals surface area contributed by atoms with Gasteiger partial charge in [0.25, 0.3) is 0 Å². The van der Waals surface area contributed by atoms with Gasteiger partial charge in [-0.15, -0.1) is 0 Å². The minimum absolute atomic E-state index is 0.106. The number of fused-ring (bicyclic) bond motifs is 1. The SMILES string of the molecule is CC(C)(C)C1Cc2c(-c3ccc(C4OCCO4)cn3)cccc2N1C(=O)O. The van der Waals surface area contributed by atoms with Gasteiger partial charge in [0.05, 0.1) is 24.6 Å². The molecule has 2 aliphatic heterocycles. The molecule has 0 bridgehead atoms. The molecule has 3 heterocycles. The summed E-state index contributed by atoms with van der Waals surface area (Å²) >= 11 is 0. The van der Waals surface area contributed by atoms with Gasteiger partial charge in [-0.1, -0.05) is 39.0 Å². The van der Waals surface area contributed by atoms with E-state index in [4.69, 9.17) is 9.47 Å². The first-order valence-electron chi connectivity index (χ1n) is 9.20. The monoisotopic (exact) mass is 368 g/mol. The van der Waals surface area contributed by atoms with E-state index < -0.39 is 6.09 Å². The number of carbonyl (C=O) groups is 1. The lowest BCUT2D eigenvalue weighted by atomic mass is 9.84. The van der Waals surface area contributed by atoms with Crippen LogP contribution in [0.3, 0.4) is 0 Å². The van der Waals surface area contributed by atoms with Crippen LogP contribution in [0.5, 0.6) is 0 Å². The second-order valence-corrected chi connectivity index (χ2v) is 8.09. The molecule has 27 heavy (non-hydrogen) atoms. The van der Waals surface area contributed by atoms with E-state index in [1.165, 1.54) is 4.90 Å². The summed E-state index contributed by atoms with van der Waals surface area (Å²) in [5.41, 5.74) is 4.33. The molecule has 2 aromatic rings. The van der Waals surface area contributed by atoms with Crippen molar-refractivity contribution in [3.63, 3.8) is 0 Å². The van der Waals surface area contributed by atoms with Gasteiger partial charge in [0.1, 0.15) is 0 Å². The van der Waals surface area contributed by atoms with Gasteiger partial charge in [-0.25, -0.2) is 4.79 Å². The van der Waals surface area contributed by atoms with E-state index in [0.29, 0.717) is 19.6 Å². The molecule has 1 N–H and O–H groups in total. The molecule has 0 spiro atoms. The first-order valence-corrected chi connectivity index (χ1v) is 9.20. The maximum absolute atomic E-state index is 11.9. The van der Waals surface area contributed by atoms with Crippen LogP contribution in [0.1, 0.15) is 38.2 Å². The van der Waals surface area contributed by atoms with Crippen LogP contribution in [-0.4, -0.2) is 35.4 Å². The molecule has 1 aromatic carbocycles. The van der Waals surface area contributed by atoms with Gasteiger partial charge in [0.2, 0.25) is 0 Å². The number of nitrogens with zero attached hydrogens (tertiary/aromatic N) is 2. The highest BCUT2D eigenvalue weighted by atomic mass is 16.7. The minimum atomic E-state index is -0.912. The zero-order valence-electron chi connectivity index (χ0n) is 15.8. The molecule has 1 unspecified atom stereocenters. The fourth-order valence-corrected chi connectivity index (χ4v) is 3.89. The second-order valence-electron chi connectivity index (χ2n) is 8.09. The van der Waals surface area contributed by atoms with Crippen LogP contribution < -0.4 is 4.90 Å². The third-order valence-corrected chi connectivity index (χ3v) is 5.28. The molecule has 6 heteroatoms. The van der Waals surface area contributed by atoms with Gasteiger partial charge >= 0.3 is 6.09 Å². The van der Waals surface area contributed by atoms with Crippen molar-refractivity contribution >= 4 is 11.8 Å². The predicted molar refractivity (Wildman–Crippen MR) is 102 cm³/mol. The highest BCUT2D eigenvalue weighted by molar-refractivity contribution is 5.92. The molecule has 0 saturated carbocycles. The molecular formula is C21H24N2O4. The zero-order valence-corrected chi connectivity index (χ0v) is 15.8. The smallest absolute Gasteiger partial charge is 0.412 e. The number of hydrogen-bond donors (Lipinski definition) is 1. The Morgan fingerprint density at radius 3 is 2.52 bits per heavy atom. The normalized spacial score (nSPS) is 20.1. The van der Waals surface area contributed by atoms with Crippen LogP contribution in [0.25, 0.3) is 11.3 Å². The number of aromatic nitrogens is 1. The van der Waals surface area contributed by atoms with Crippen LogP contribution in [0.15, 0.2) is 36.5 Å². The number of carboxylic acid groups (broad SMARTS) is 1.